The van der Waals surface area contributed by atoms with Gasteiger partial charge in [0.05, 0.1) is 0 Å². The normalized spacial score (nSPS) is 27.8. The average molecular weight is 245 g/mol. The van der Waals surface area contributed by atoms with Gasteiger partial charge in [-0.3, -0.25) is 0 Å². The Morgan fingerprint density at radius 3 is 2.83 bits per heavy atom. The Kier molecular flexibility index (Phi) is 3.27. The number of hydrogen-bond donors (Lipinski definition) is 1. The maximum atomic E-state index is 5.76. The number of likely N-dealkylation sites (N-methyl/N-ethyl adjacent to an activating group) is 1. The summed E-state index contributed by atoms with van der Waals surface area (Å²) in [6.45, 7) is 4.38. The predicted octanol–water partition coefficient (Wildman–Crippen LogP) is 1.64. The predicted molar refractivity (Wildman–Crippen MR) is 76.1 cm³/mol. The third kappa shape index (κ3) is 2.02. The van der Waals surface area contributed by atoms with E-state index in [0.29, 0.717) is 12.0 Å². The van der Waals surface area contributed by atoms with E-state index in [1.165, 1.54) is 30.8 Å². The molecule has 0 radical (unpaired) electrons. The molecule has 2 aliphatic heterocycles. The van der Waals surface area contributed by atoms with Crippen LogP contribution in [0.2, 0.25) is 0 Å². The lowest BCUT2D eigenvalue weighted by Crippen LogP contribution is -2.36. The van der Waals surface area contributed by atoms with Gasteiger partial charge in [-0.15, -0.1) is 0 Å². The second kappa shape index (κ2) is 4.90. The maximum Gasteiger partial charge on any atom is 0.0429 e. The van der Waals surface area contributed by atoms with Gasteiger partial charge in [-0.25, -0.2) is 0 Å². The Balaban J connectivity index is 1.85. The van der Waals surface area contributed by atoms with Gasteiger partial charge in [0.25, 0.3) is 0 Å². The van der Waals surface area contributed by atoms with Gasteiger partial charge >= 0.3 is 0 Å². The molecule has 3 rings (SSSR count). The molecule has 1 aromatic rings. The Bertz CT molecular complexity index is 418. The highest BCUT2D eigenvalue weighted by atomic mass is 15.3. The molecule has 0 saturated carbocycles. The number of nitrogens with two attached hydrogens (primary N) is 1. The van der Waals surface area contributed by atoms with Gasteiger partial charge in [-0.1, -0.05) is 18.2 Å². The first-order chi connectivity index (χ1) is 8.79. The quantitative estimate of drug-likeness (QED) is 0.879. The molecule has 0 bridgehead atoms. The first kappa shape index (κ1) is 12.0. The minimum atomic E-state index is 0.636. The summed E-state index contributed by atoms with van der Waals surface area (Å²) in [4.78, 5) is 5.06. The van der Waals surface area contributed by atoms with E-state index in [2.05, 4.69) is 41.1 Å². The summed E-state index contributed by atoms with van der Waals surface area (Å²) in [5.41, 5.74) is 8.73. The minimum absolute atomic E-state index is 0.636. The summed E-state index contributed by atoms with van der Waals surface area (Å²) < 4.78 is 0. The van der Waals surface area contributed by atoms with Crippen molar-refractivity contribution in [3.05, 3.63) is 29.8 Å². The van der Waals surface area contributed by atoms with E-state index in [1.807, 2.05) is 0 Å². The number of rotatable bonds is 3. The standard InChI is InChI=1S/C15H23N3/c1-17-9-7-13(11-17)18-10-12(6-8-16)14-4-2-3-5-15(14)18/h2-5,12-13H,6-11,16H2,1H3. The number of anilines is 1. The highest BCUT2D eigenvalue weighted by molar-refractivity contribution is 5.61. The van der Waals surface area contributed by atoms with Crippen LogP contribution in [0.5, 0.6) is 0 Å². The van der Waals surface area contributed by atoms with Crippen LogP contribution in [0.1, 0.15) is 24.3 Å². The minimum Gasteiger partial charge on any atom is -0.366 e. The van der Waals surface area contributed by atoms with Crippen molar-refractivity contribution in [3.8, 4) is 0 Å². The van der Waals surface area contributed by atoms with Gasteiger partial charge in [0.2, 0.25) is 0 Å². The van der Waals surface area contributed by atoms with Gasteiger partial charge in [0.15, 0.2) is 0 Å². The fourth-order valence-electron chi connectivity index (χ4n) is 3.49. The summed E-state index contributed by atoms with van der Waals surface area (Å²) >= 11 is 0. The second-order valence-corrected chi connectivity index (χ2v) is 5.69. The molecule has 1 aromatic carbocycles. The molecule has 18 heavy (non-hydrogen) atoms. The molecule has 0 aromatic heterocycles. The molecule has 1 saturated heterocycles. The van der Waals surface area contributed by atoms with Crippen LogP contribution in [0.4, 0.5) is 5.69 Å². The largest absolute Gasteiger partial charge is 0.366 e. The molecule has 2 unspecified atom stereocenters. The summed E-state index contributed by atoms with van der Waals surface area (Å²) in [5, 5.41) is 0. The van der Waals surface area contributed by atoms with E-state index >= 15 is 0 Å². The van der Waals surface area contributed by atoms with Crippen LogP contribution >= 0.6 is 0 Å². The van der Waals surface area contributed by atoms with Crippen molar-refractivity contribution < 1.29 is 0 Å². The fraction of sp³-hybridized carbons (Fsp3) is 0.600. The SMILES string of the molecule is CN1CCC(N2CC(CCN)c3ccccc32)C1. The number of hydrogen-bond acceptors (Lipinski definition) is 3. The van der Waals surface area contributed by atoms with Gasteiger partial charge < -0.3 is 15.5 Å². The van der Waals surface area contributed by atoms with Crippen LogP contribution in [0.3, 0.4) is 0 Å². The van der Waals surface area contributed by atoms with Crippen LogP contribution in [-0.4, -0.2) is 44.2 Å². The zero-order valence-electron chi connectivity index (χ0n) is 11.2. The molecular formula is C15H23N3. The summed E-state index contributed by atoms with van der Waals surface area (Å²) in [7, 11) is 2.22. The van der Waals surface area contributed by atoms with Crippen molar-refractivity contribution in [2.45, 2.75) is 24.8 Å². The Morgan fingerprint density at radius 2 is 2.11 bits per heavy atom. The van der Waals surface area contributed by atoms with Crippen molar-refractivity contribution in [1.82, 2.24) is 4.90 Å². The van der Waals surface area contributed by atoms with Crippen molar-refractivity contribution in [3.63, 3.8) is 0 Å². The number of benzene rings is 1. The molecule has 2 heterocycles. The average Bonchev–Trinajstić information content (AvgIpc) is 2.95. The zero-order chi connectivity index (χ0) is 12.5. The third-order valence-corrected chi connectivity index (χ3v) is 4.43. The van der Waals surface area contributed by atoms with Crippen LogP contribution in [-0.2, 0) is 0 Å². The molecule has 2 atom stereocenters. The lowest BCUT2D eigenvalue weighted by atomic mass is 9.98. The van der Waals surface area contributed by atoms with Gasteiger partial charge in [0.1, 0.15) is 0 Å². The molecule has 3 nitrogen and oxygen atoms in total. The van der Waals surface area contributed by atoms with Crippen LogP contribution < -0.4 is 10.6 Å². The summed E-state index contributed by atoms with van der Waals surface area (Å²) in [6, 6.07) is 9.58. The Morgan fingerprint density at radius 1 is 1.28 bits per heavy atom. The molecule has 3 heteroatoms. The van der Waals surface area contributed by atoms with E-state index in [4.69, 9.17) is 5.73 Å². The number of nitrogens with zero attached hydrogens (tertiary/aromatic N) is 2. The van der Waals surface area contributed by atoms with E-state index < -0.39 is 0 Å². The number of likely N-dealkylation sites (tertiary alicyclic amines) is 1. The molecule has 2 N–H and O–H groups in total. The van der Waals surface area contributed by atoms with E-state index in [0.717, 1.165) is 19.5 Å². The fourth-order valence-corrected chi connectivity index (χ4v) is 3.49. The molecule has 2 aliphatic rings. The highest BCUT2D eigenvalue weighted by Crippen LogP contribution is 2.40. The Labute approximate surface area is 110 Å². The first-order valence-electron chi connectivity index (χ1n) is 7.03. The monoisotopic (exact) mass is 245 g/mol. The molecule has 0 aliphatic carbocycles. The van der Waals surface area contributed by atoms with Crippen LogP contribution in [0, 0.1) is 0 Å². The number of fused-ring (bicyclic) bond motifs is 1. The van der Waals surface area contributed by atoms with Crippen molar-refractivity contribution in [1.29, 1.82) is 0 Å². The topological polar surface area (TPSA) is 32.5 Å². The molecule has 0 spiro atoms. The summed E-state index contributed by atoms with van der Waals surface area (Å²) in [6.07, 6.45) is 2.40. The lowest BCUT2D eigenvalue weighted by Gasteiger charge is -2.27. The van der Waals surface area contributed by atoms with Gasteiger partial charge in [-0.2, -0.15) is 0 Å². The first-order valence-corrected chi connectivity index (χ1v) is 7.03. The molecule has 1 fully saturated rings. The van der Waals surface area contributed by atoms with Gasteiger partial charge in [0, 0.05) is 30.7 Å². The summed E-state index contributed by atoms with van der Waals surface area (Å²) in [5.74, 6) is 0.636. The zero-order valence-corrected chi connectivity index (χ0v) is 11.2. The maximum absolute atomic E-state index is 5.76. The van der Waals surface area contributed by atoms with Crippen molar-refractivity contribution in [2.24, 2.45) is 5.73 Å². The molecular weight excluding hydrogens is 222 g/mol. The van der Waals surface area contributed by atoms with Crippen molar-refractivity contribution in [2.75, 3.05) is 38.1 Å². The van der Waals surface area contributed by atoms with Crippen molar-refractivity contribution >= 4 is 5.69 Å². The van der Waals surface area contributed by atoms with E-state index in [-0.39, 0.29) is 0 Å². The third-order valence-electron chi connectivity index (χ3n) is 4.43. The molecule has 98 valence electrons. The number of para-hydroxylation sites is 1. The molecule has 0 amide bonds. The Hall–Kier alpha value is -1.06. The van der Waals surface area contributed by atoms with Gasteiger partial charge in [-0.05, 0) is 44.6 Å². The van der Waals surface area contributed by atoms with Crippen LogP contribution in [0.25, 0.3) is 0 Å². The smallest absolute Gasteiger partial charge is 0.0429 e. The van der Waals surface area contributed by atoms with Crippen LogP contribution in [0.15, 0.2) is 24.3 Å². The lowest BCUT2D eigenvalue weighted by molar-refractivity contribution is 0.407. The van der Waals surface area contributed by atoms with E-state index in [9.17, 15) is 0 Å². The van der Waals surface area contributed by atoms with E-state index in [1.54, 1.807) is 0 Å². The highest BCUT2D eigenvalue weighted by Gasteiger charge is 2.34. The second-order valence-electron chi connectivity index (χ2n) is 5.69.